The van der Waals surface area contributed by atoms with E-state index in [2.05, 4.69) is 21.2 Å². The third-order valence-electron chi connectivity index (χ3n) is 4.33. The van der Waals surface area contributed by atoms with Gasteiger partial charge >= 0.3 is 0 Å². The van der Waals surface area contributed by atoms with E-state index in [1.807, 2.05) is 0 Å². The Morgan fingerprint density at radius 1 is 1.37 bits per heavy atom. The van der Waals surface area contributed by atoms with Crippen LogP contribution in [0.25, 0.3) is 0 Å². The molecule has 0 aromatic heterocycles. The van der Waals surface area contributed by atoms with Gasteiger partial charge in [-0.05, 0) is 59.2 Å². The van der Waals surface area contributed by atoms with Gasteiger partial charge in [0.1, 0.15) is 5.82 Å². The summed E-state index contributed by atoms with van der Waals surface area (Å²) in [7, 11) is 0. The van der Waals surface area contributed by atoms with E-state index < -0.39 is 5.82 Å². The van der Waals surface area contributed by atoms with E-state index in [0.717, 1.165) is 12.8 Å². The Balaban J connectivity index is 1.77. The van der Waals surface area contributed by atoms with E-state index in [0.29, 0.717) is 22.0 Å². The minimum atomic E-state index is -0.421. The summed E-state index contributed by atoms with van der Waals surface area (Å²) in [4.78, 5) is 12.3. The van der Waals surface area contributed by atoms with E-state index in [1.54, 1.807) is 0 Å². The fraction of sp³-hybridized carbons (Fsp3) is 0.500. The molecule has 1 aromatic rings. The van der Waals surface area contributed by atoms with E-state index in [9.17, 15) is 9.18 Å². The average Bonchev–Trinajstić information content (AvgIpc) is 2.95. The summed E-state index contributed by atoms with van der Waals surface area (Å²) in [6, 6.07) is 2.52. The largest absolute Gasteiger partial charge is 0.324 e. The molecule has 3 rings (SSSR count). The summed E-state index contributed by atoms with van der Waals surface area (Å²) < 4.78 is 13.6. The number of nitrogens with one attached hydrogen (secondary N) is 1. The van der Waals surface area contributed by atoms with Crippen molar-refractivity contribution < 1.29 is 9.18 Å². The van der Waals surface area contributed by atoms with Crippen molar-refractivity contribution in [3.8, 4) is 0 Å². The van der Waals surface area contributed by atoms with Crippen LogP contribution in [0.5, 0.6) is 0 Å². The SMILES string of the molecule is O=C(Nc1c(Cl)cc(F)cc1Br)C1CC2CCC1C2. The maximum atomic E-state index is 13.1. The van der Waals surface area contributed by atoms with Crippen LogP contribution in [0.15, 0.2) is 16.6 Å². The van der Waals surface area contributed by atoms with Gasteiger partial charge < -0.3 is 5.32 Å². The molecule has 0 heterocycles. The molecule has 2 aliphatic rings. The summed E-state index contributed by atoms with van der Waals surface area (Å²) in [5, 5.41) is 3.07. The molecular formula is C14H14BrClFNO. The number of hydrogen-bond donors (Lipinski definition) is 1. The second kappa shape index (κ2) is 5.06. The molecule has 1 amide bonds. The molecule has 5 heteroatoms. The van der Waals surface area contributed by atoms with Crippen LogP contribution in [-0.4, -0.2) is 5.91 Å². The van der Waals surface area contributed by atoms with Crippen molar-refractivity contribution >= 4 is 39.1 Å². The van der Waals surface area contributed by atoms with E-state index in [1.165, 1.54) is 25.0 Å². The van der Waals surface area contributed by atoms with Crippen LogP contribution in [0, 0.1) is 23.6 Å². The number of hydrogen-bond acceptors (Lipinski definition) is 1. The number of halogens is 3. The normalized spacial score (nSPS) is 28.7. The minimum absolute atomic E-state index is 0.0152. The standard InChI is InChI=1S/C14H14BrClFNO/c15-11-5-9(17)6-12(16)13(11)18-14(19)10-4-7-1-2-8(10)3-7/h5-8,10H,1-4H2,(H,18,19). The highest BCUT2D eigenvalue weighted by atomic mass is 79.9. The molecule has 1 aromatic carbocycles. The number of anilines is 1. The van der Waals surface area contributed by atoms with Crippen LogP contribution in [0.4, 0.5) is 10.1 Å². The van der Waals surface area contributed by atoms with Gasteiger partial charge in [0.25, 0.3) is 0 Å². The van der Waals surface area contributed by atoms with Crippen molar-refractivity contribution in [3.63, 3.8) is 0 Å². The van der Waals surface area contributed by atoms with Gasteiger partial charge in [-0.3, -0.25) is 4.79 Å². The molecular weight excluding hydrogens is 333 g/mol. The molecule has 3 unspecified atom stereocenters. The Hall–Kier alpha value is -0.610. The predicted molar refractivity (Wildman–Crippen MR) is 76.7 cm³/mol. The third kappa shape index (κ3) is 2.52. The molecule has 0 radical (unpaired) electrons. The zero-order chi connectivity index (χ0) is 13.6. The number of carbonyl (C=O) groups excluding carboxylic acids is 1. The lowest BCUT2D eigenvalue weighted by Gasteiger charge is -2.21. The van der Waals surface area contributed by atoms with Crippen molar-refractivity contribution in [2.45, 2.75) is 25.7 Å². The molecule has 0 aliphatic heterocycles. The van der Waals surface area contributed by atoms with Crippen LogP contribution in [0.1, 0.15) is 25.7 Å². The van der Waals surface area contributed by atoms with Gasteiger partial charge in [-0.2, -0.15) is 0 Å². The fourth-order valence-corrected chi connectivity index (χ4v) is 4.34. The molecule has 2 nitrogen and oxygen atoms in total. The van der Waals surface area contributed by atoms with Gasteiger partial charge in [0.2, 0.25) is 5.91 Å². The molecule has 102 valence electrons. The molecule has 0 saturated heterocycles. The first-order valence-corrected chi connectivity index (χ1v) is 7.67. The summed E-state index contributed by atoms with van der Waals surface area (Å²) >= 11 is 9.22. The van der Waals surface area contributed by atoms with Gasteiger partial charge in [0, 0.05) is 10.4 Å². The van der Waals surface area contributed by atoms with Gasteiger partial charge in [0.15, 0.2) is 0 Å². The van der Waals surface area contributed by atoms with Crippen LogP contribution in [-0.2, 0) is 4.79 Å². The first kappa shape index (κ1) is 13.4. The second-order valence-corrected chi connectivity index (χ2v) is 6.78. The zero-order valence-corrected chi connectivity index (χ0v) is 12.6. The van der Waals surface area contributed by atoms with Crippen molar-refractivity contribution in [2.24, 2.45) is 17.8 Å². The second-order valence-electron chi connectivity index (χ2n) is 5.52. The highest BCUT2D eigenvalue weighted by Gasteiger charge is 2.43. The molecule has 19 heavy (non-hydrogen) atoms. The van der Waals surface area contributed by atoms with Gasteiger partial charge in [-0.1, -0.05) is 18.0 Å². The first-order chi connectivity index (χ1) is 9.04. The molecule has 2 bridgehead atoms. The van der Waals surface area contributed by atoms with Crippen molar-refractivity contribution in [1.82, 2.24) is 0 Å². The highest BCUT2D eigenvalue weighted by Crippen LogP contribution is 2.48. The van der Waals surface area contributed by atoms with E-state index >= 15 is 0 Å². The van der Waals surface area contributed by atoms with E-state index in [-0.39, 0.29) is 16.8 Å². The lowest BCUT2D eigenvalue weighted by molar-refractivity contribution is -0.121. The van der Waals surface area contributed by atoms with Crippen LogP contribution in [0.2, 0.25) is 5.02 Å². The summed E-state index contributed by atoms with van der Waals surface area (Å²) in [5.74, 6) is 0.916. The van der Waals surface area contributed by atoms with Gasteiger partial charge in [-0.25, -0.2) is 4.39 Å². The summed E-state index contributed by atoms with van der Waals surface area (Å²) in [6.45, 7) is 0. The average molecular weight is 347 g/mol. The van der Waals surface area contributed by atoms with Crippen LogP contribution >= 0.6 is 27.5 Å². The zero-order valence-electron chi connectivity index (χ0n) is 10.3. The molecule has 1 N–H and O–H groups in total. The lowest BCUT2D eigenvalue weighted by Crippen LogP contribution is -2.27. The maximum Gasteiger partial charge on any atom is 0.227 e. The Morgan fingerprint density at radius 2 is 2.16 bits per heavy atom. The third-order valence-corrected chi connectivity index (χ3v) is 5.25. The Kier molecular flexibility index (Phi) is 3.56. The number of rotatable bonds is 2. The Labute approximate surface area is 124 Å². The molecule has 0 spiro atoms. The lowest BCUT2D eigenvalue weighted by atomic mass is 9.88. The molecule has 2 saturated carbocycles. The maximum absolute atomic E-state index is 13.1. The van der Waals surface area contributed by atoms with Crippen LogP contribution in [0.3, 0.4) is 0 Å². The summed E-state index contributed by atoms with van der Waals surface area (Å²) in [6.07, 6.45) is 4.57. The first-order valence-electron chi connectivity index (χ1n) is 6.50. The van der Waals surface area contributed by atoms with Gasteiger partial charge in [0.05, 0.1) is 10.7 Å². The van der Waals surface area contributed by atoms with Crippen LogP contribution < -0.4 is 5.32 Å². The monoisotopic (exact) mass is 345 g/mol. The van der Waals surface area contributed by atoms with Crippen molar-refractivity contribution in [1.29, 1.82) is 0 Å². The minimum Gasteiger partial charge on any atom is -0.324 e. The Morgan fingerprint density at radius 3 is 2.74 bits per heavy atom. The molecule has 3 atom stereocenters. The van der Waals surface area contributed by atoms with Crippen molar-refractivity contribution in [3.05, 3.63) is 27.4 Å². The summed E-state index contributed by atoms with van der Waals surface area (Å²) in [5.41, 5.74) is 0.468. The Bertz CT molecular complexity index is 513. The molecule has 2 aliphatic carbocycles. The molecule has 2 fully saturated rings. The quantitative estimate of drug-likeness (QED) is 0.832. The highest BCUT2D eigenvalue weighted by molar-refractivity contribution is 9.10. The van der Waals surface area contributed by atoms with Crippen molar-refractivity contribution in [2.75, 3.05) is 5.32 Å². The van der Waals surface area contributed by atoms with Gasteiger partial charge in [-0.15, -0.1) is 0 Å². The number of fused-ring (bicyclic) bond motifs is 2. The topological polar surface area (TPSA) is 29.1 Å². The fourth-order valence-electron chi connectivity index (χ4n) is 3.44. The number of amides is 1. The number of benzene rings is 1. The number of carbonyl (C=O) groups is 1. The van der Waals surface area contributed by atoms with E-state index in [4.69, 9.17) is 11.6 Å². The predicted octanol–water partition coefficient (Wildman–Crippen LogP) is 4.62. The smallest absolute Gasteiger partial charge is 0.227 e.